The first-order chi connectivity index (χ1) is 6.74. The molecule has 0 atom stereocenters. The molecule has 0 spiro atoms. The van der Waals surface area contributed by atoms with Gasteiger partial charge < -0.3 is 0 Å². The van der Waals surface area contributed by atoms with Gasteiger partial charge in [0.1, 0.15) is 6.33 Å². The average molecular weight is 253 g/mol. The quantitative estimate of drug-likeness (QED) is 0.819. The molecule has 2 rings (SSSR count). The second-order valence-electron chi connectivity index (χ2n) is 2.98. The maximum atomic E-state index is 4.37. The Labute approximate surface area is 90.1 Å². The molecule has 5 heteroatoms. The predicted molar refractivity (Wildman–Crippen MR) is 55.8 cm³/mol. The highest BCUT2D eigenvalue weighted by atomic mass is 79.9. The SMILES string of the molecule is Cc1cccc(Cn2cnc(Br)n2)n1. The predicted octanol–water partition coefficient (Wildman–Crippen LogP) is 1.79. The summed E-state index contributed by atoms with van der Waals surface area (Å²) in [6.45, 7) is 2.63. The summed E-state index contributed by atoms with van der Waals surface area (Å²) in [6, 6.07) is 5.94. The molecule has 0 fully saturated rings. The summed E-state index contributed by atoms with van der Waals surface area (Å²) >= 11 is 3.20. The number of hydrogen-bond donors (Lipinski definition) is 0. The summed E-state index contributed by atoms with van der Waals surface area (Å²) in [4.78, 5) is 8.35. The number of pyridine rings is 1. The van der Waals surface area contributed by atoms with E-state index >= 15 is 0 Å². The molecule has 72 valence electrons. The van der Waals surface area contributed by atoms with E-state index in [9.17, 15) is 0 Å². The van der Waals surface area contributed by atoms with E-state index in [4.69, 9.17) is 0 Å². The summed E-state index contributed by atoms with van der Waals surface area (Å²) in [7, 11) is 0. The van der Waals surface area contributed by atoms with Crippen molar-refractivity contribution in [3.63, 3.8) is 0 Å². The van der Waals surface area contributed by atoms with Crippen LogP contribution in [0.4, 0.5) is 0 Å². The molecule has 0 amide bonds. The van der Waals surface area contributed by atoms with Crippen molar-refractivity contribution in [1.29, 1.82) is 0 Å². The van der Waals surface area contributed by atoms with Gasteiger partial charge in [-0.15, -0.1) is 5.10 Å². The molecule has 2 heterocycles. The normalized spacial score (nSPS) is 10.4. The lowest BCUT2D eigenvalue weighted by Gasteiger charge is -2.00. The Kier molecular flexibility index (Phi) is 2.58. The lowest BCUT2D eigenvalue weighted by molar-refractivity contribution is 0.665. The van der Waals surface area contributed by atoms with Gasteiger partial charge in [0, 0.05) is 5.69 Å². The van der Waals surface area contributed by atoms with Crippen LogP contribution in [0, 0.1) is 6.92 Å². The molecule has 0 aliphatic heterocycles. The molecule has 2 aromatic rings. The van der Waals surface area contributed by atoms with Gasteiger partial charge in [0.05, 0.1) is 12.2 Å². The van der Waals surface area contributed by atoms with Gasteiger partial charge in [0.15, 0.2) is 0 Å². The van der Waals surface area contributed by atoms with Gasteiger partial charge in [-0.1, -0.05) is 6.07 Å². The van der Waals surface area contributed by atoms with Crippen molar-refractivity contribution >= 4 is 15.9 Å². The molecule has 0 saturated carbocycles. The fourth-order valence-corrected chi connectivity index (χ4v) is 1.50. The molecule has 0 bridgehead atoms. The van der Waals surface area contributed by atoms with E-state index in [1.54, 1.807) is 11.0 Å². The average Bonchev–Trinajstić information content (AvgIpc) is 2.51. The molecule has 4 nitrogen and oxygen atoms in total. The molecule has 0 radical (unpaired) electrons. The molecule has 0 unspecified atom stereocenters. The Bertz CT molecular complexity index is 438. The summed E-state index contributed by atoms with van der Waals surface area (Å²) in [5.41, 5.74) is 2.00. The van der Waals surface area contributed by atoms with Crippen LogP contribution in [0.5, 0.6) is 0 Å². The lowest BCUT2D eigenvalue weighted by Crippen LogP contribution is -2.02. The zero-order valence-electron chi connectivity index (χ0n) is 7.68. The van der Waals surface area contributed by atoms with Crippen LogP contribution in [0.3, 0.4) is 0 Å². The van der Waals surface area contributed by atoms with Gasteiger partial charge >= 0.3 is 0 Å². The zero-order valence-corrected chi connectivity index (χ0v) is 9.27. The third kappa shape index (κ3) is 2.17. The fraction of sp³-hybridized carbons (Fsp3) is 0.222. The standard InChI is InChI=1S/C9H9BrN4/c1-7-3-2-4-8(12-7)5-14-6-11-9(10)13-14/h2-4,6H,5H2,1H3. The van der Waals surface area contributed by atoms with Crippen LogP contribution in [0.25, 0.3) is 0 Å². The Morgan fingerprint density at radius 1 is 1.43 bits per heavy atom. The first kappa shape index (κ1) is 9.33. The summed E-state index contributed by atoms with van der Waals surface area (Å²) in [5, 5.41) is 4.12. The van der Waals surface area contributed by atoms with E-state index < -0.39 is 0 Å². The van der Waals surface area contributed by atoms with Crippen LogP contribution in [0.15, 0.2) is 29.3 Å². The van der Waals surface area contributed by atoms with Crippen molar-refractivity contribution in [2.45, 2.75) is 13.5 Å². The Hall–Kier alpha value is -1.23. The van der Waals surface area contributed by atoms with E-state index in [1.165, 1.54) is 0 Å². The Morgan fingerprint density at radius 3 is 2.93 bits per heavy atom. The minimum absolute atomic E-state index is 0.602. The van der Waals surface area contributed by atoms with Crippen LogP contribution in [0.1, 0.15) is 11.4 Å². The fourth-order valence-electron chi connectivity index (χ4n) is 1.20. The minimum Gasteiger partial charge on any atom is -0.256 e. The Balaban J connectivity index is 2.18. The third-order valence-corrected chi connectivity index (χ3v) is 2.14. The first-order valence-corrected chi connectivity index (χ1v) is 5.01. The maximum absolute atomic E-state index is 4.37. The summed E-state index contributed by atoms with van der Waals surface area (Å²) in [6.07, 6.45) is 1.67. The van der Waals surface area contributed by atoms with Crippen molar-refractivity contribution < 1.29 is 0 Å². The zero-order chi connectivity index (χ0) is 9.97. The molecular formula is C9H9BrN4. The lowest BCUT2D eigenvalue weighted by atomic mass is 10.3. The molecule has 0 N–H and O–H groups in total. The Morgan fingerprint density at radius 2 is 2.29 bits per heavy atom. The second-order valence-corrected chi connectivity index (χ2v) is 3.69. The molecule has 2 aromatic heterocycles. The number of hydrogen-bond acceptors (Lipinski definition) is 3. The minimum atomic E-state index is 0.602. The topological polar surface area (TPSA) is 43.6 Å². The number of rotatable bonds is 2. The monoisotopic (exact) mass is 252 g/mol. The second kappa shape index (κ2) is 3.88. The number of aromatic nitrogens is 4. The molecule has 0 aliphatic carbocycles. The van der Waals surface area contributed by atoms with Gasteiger partial charge in [0.25, 0.3) is 0 Å². The van der Waals surface area contributed by atoms with Gasteiger partial charge in [-0.3, -0.25) is 4.98 Å². The molecule has 0 saturated heterocycles. The van der Waals surface area contributed by atoms with Gasteiger partial charge in [-0.25, -0.2) is 9.67 Å². The smallest absolute Gasteiger partial charge is 0.217 e. The van der Waals surface area contributed by atoms with Crippen LogP contribution < -0.4 is 0 Å². The van der Waals surface area contributed by atoms with Crippen molar-refractivity contribution in [2.24, 2.45) is 0 Å². The van der Waals surface area contributed by atoms with Gasteiger partial charge in [-0.05, 0) is 35.0 Å². The van der Waals surface area contributed by atoms with E-state index in [-0.39, 0.29) is 0 Å². The van der Waals surface area contributed by atoms with Crippen LogP contribution in [-0.2, 0) is 6.54 Å². The number of aryl methyl sites for hydroxylation is 1. The van der Waals surface area contributed by atoms with E-state index in [1.807, 2.05) is 25.1 Å². The van der Waals surface area contributed by atoms with E-state index in [0.717, 1.165) is 11.4 Å². The summed E-state index contributed by atoms with van der Waals surface area (Å²) in [5.74, 6) is 0. The van der Waals surface area contributed by atoms with Gasteiger partial charge in [-0.2, -0.15) is 0 Å². The first-order valence-electron chi connectivity index (χ1n) is 4.21. The van der Waals surface area contributed by atoms with Crippen molar-refractivity contribution in [1.82, 2.24) is 19.7 Å². The molecular weight excluding hydrogens is 244 g/mol. The largest absolute Gasteiger partial charge is 0.256 e. The van der Waals surface area contributed by atoms with Crippen molar-refractivity contribution in [2.75, 3.05) is 0 Å². The van der Waals surface area contributed by atoms with Crippen molar-refractivity contribution in [3.05, 3.63) is 40.6 Å². The number of halogens is 1. The van der Waals surface area contributed by atoms with E-state index in [2.05, 4.69) is 31.0 Å². The van der Waals surface area contributed by atoms with Crippen LogP contribution in [0.2, 0.25) is 0 Å². The molecule has 0 aromatic carbocycles. The highest BCUT2D eigenvalue weighted by Crippen LogP contribution is 2.03. The summed E-state index contributed by atoms with van der Waals surface area (Å²) < 4.78 is 2.34. The molecule has 0 aliphatic rings. The van der Waals surface area contributed by atoms with Crippen LogP contribution in [-0.4, -0.2) is 19.7 Å². The maximum Gasteiger partial charge on any atom is 0.217 e. The van der Waals surface area contributed by atoms with Crippen LogP contribution >= 0.6 is 15.9 Å². The molecule has 14 heavy (non-hydrogen) atoms. The van der Waals surface area contributed by atoms with Crippen molar-refractivity contribution in [3.8, 4) is 0 Å². The van der Waals surface area contributed by atoms with Gasteiger partial charge in [0.2, 0.25) is 4.73 Å². The third-order valence-electron chi connectivity index (χ3n) is 1.78. The number of nitrogens with zero attached hydrogens (tertiary/aromatic N) is 4. The highest BCUT2D eigenvalue weighted by Gasteiger charge is 1.99. The highest BCUT2D eigenvalue weighted by molar-refractivity contribution is 9.10. The van der Waals surface area contributed by atoms with E-state index in [0.29, 0.717) is 11.3 Å².